The summed E-state index contributed by atoms with van der Waals surface area (Å²) in [7, 11) is 1.49. The Balaban J connectivity index is 2.83. The Hall–Kier alpha value is -2.30. The third kappa shape index (κ3) is 2.20. The van der Waals surface area contributed by atoms with Crippen molar-refractivity contribution in [3.63, 3.8) is 0 Å². The second-order valence-corrected chi connectivity index (χ2v) is 4.00. The highest BCUT2D eigenvalue weighted by atomic mass is 16.5. The molecule has 94 valence electrons. The van der Waals surface area contributed by atoms with Crippen LogP contribution in [0.4, 0.5) is 0 Å². The van der Waals surface area contributed by atoms with Crippen LogP contribution in [0.25, 0.3) is 11.0 Å². The summed E-state index contributed by atoms with van der Waals surface area (Å²) in [6.07, 6.45) is -0.248. The van der Waals surface area contributed by atoms with Gasteiger partial charge in [-0.1, -0.05) is 0 Å². The van der Waals surface area contributed by atoms with E-state index >= 15 is 0 Å². The minimum absolute atomic E-state index is 0.248. The normalized spacial score (nSPS) is 10.6. The van der Waals surface area contributed by atoms with Crippen molar-refractivity contribution in [2.24, 2.45) is 0 Å². The molecule has 0 aliphatic carbocycles. The first-order valence-corrected chi connectivity index (χ1v) is 5.34. The summed E-state index contributed by atoms with van der Waals surface area (Å²) in [5.41, 5.74) is 1.04. The molecule has 0 fully saturated rings. The van der Waals surface area contributed by atoms with Crippen molar-refractivity contribution in [2.75, 3.05) is 7.11 Å². The van der Waals surface area contributed by atoms with E-state index in [4.69, 9.17) is 14.3 Å². The molecule has 0 atom stereocenters. The summed E-state index contributed by atoms with van der Waals surface area (Å²) < 4.78 is 10.3. The molecule has 0 unspecified atom stereocenters. The molecule has 0 saturated carbocycles. The van der Waals surface area contributed by atoms with Gasteiger partial charge in [0.05, 0.1) is 18.9 Å². The quantitative estimate of drug-likeness (QED) is 0.837. The number of aryl methyl sites for hydroxylation is 1. The number of carboxylic acids is 1. The van der Waals surface area contributed by atoms with E-state index in [-0.39, 0.29) is 6.42 Å². The number of carboxylic acid groups (broad SMARTS) is 1. The molecule has 18 heavy (non-hydrogen) atoms. The number of carbonyl (C=O) groups is 1. The second-order valence-electron chi connectivity index (χ2n) is 4.00. The molecule has 0 bridgehead atoms. The van der Waals surface area contributed by atoms with E-state index in [9.17, 15) is 9.59 Å². The fraction of sp³-hybridized carbons (Fsp3) is 0.231. The third-order valence-corrected chi connectivity index (χ3v) is 2.60. The number of rotatable bonds is 3. The molecule has 1 aromatic carbocycles. The zero-order chi connectivity index (χ0) is 13.3. The van der Waals surface area contributed by atoms with E-state index in [1.54, 1.807) is 12.1 Å². The predicted molar refractivity (Wildman–Crippen MR) is 65.1 cm³/mol. The van der Waals surface area contributed by atoms with E-state index in [0.717, 1.165) is 5.56 Å². The molecule has 0 aliphatic heterocycles. The van der Waals surface area contributed by atoms with Crippen molar-refractivity contribution in [1.82, 2.24) is 0 Å². The van der Waals surface area contributed by atoms with E-state index in [2.05, 4.69) is 0 Å². The van der Waals surface area contributed by atoms with Crippen LogP contribution in [0.15, 0.2) is 27.4 Å². The first kappa shape index (κ1) is 12.2. The lowest BCUT2D eigenvalue weighted by atomic mass is 10.0. The van der Waals surface area contributed by atoms with Crippen LogP contribution < -0.4 is 10.4 Å². The van der Waals surface area contributed by atoms with E-state index in [1.165, 1.54) is 13.2 Å². The molecule has 1 aromatic heterocycles. The molecule has 0 aliphatic rings. The lowest BCUT2D eigenvalue weighted by Crippen LogP contribution is -2.07. The minimum atomic E-state index is -1.01. The van der Waals surface area contributed by atoms with Crippen LogP contribution >= 0.6 is 0 Å². The summed E-state index contributed by atoms with van der Waals surface area (Å²) >= 11 is 0. The standard InChI is InChI=1S/C13H12O5/c1-7-3-9(17-2)13-8(5-11(14)15)6-12(16)18-10(13)4-7/h3-4,6H,5H2,1-2H3,(H,14,15). The average Bonchev–Trinajstić information content (AvgIpc) is 2.25. The van der Waals surface area contributed by atoms with Gasteiger partial charge >= 0.3 is 11.6 Å². The molecule has 0 amide bonds. The van der Waals surface area contributed by atoms with Crippen molar-refractivity contribution in [3.8, 4) is 5.75 Å². The molecular formula is C13H12O5. The van der Waals surface area contributed by atoms with Crippen molar-refractivity contribution in [1.29, 1.82) is 0 Å². The van der Waals surface area contributed by atoms with Gasteiger partial charge in [0.25, 0.3) is 0 Å². The summed E-state index contributed by atoms with van der Waals surface area (Å²) in [5.74, 6) is -0.505. The zero-order valence-corrected chi connectivity index (χ0v) is 10.0. The topological polar surface area (TPSA) is 76.7 Å². The van der Waals surface area contributed by atoms with Gasteiger partial charge in [0.2, 0.25) is 0 Å². The van der Waals surface area contributed by atoms with Crippen LogP contribution in [-0.2, 0) is 11.2 Å². The molecule has 1 N–H and O–H groups in total. The minimum Gasteiger partial charge on any atom is -0.496 e. The molecular weight excluding hydrogens is 236 g/mol. The smallest absolute Gasteiger partial charge is 0.336 e. The maximum Gasteiger partial charge on any atom is 0.336 e. The lowest BCUT2D eigenvalue weighted by Gasteiger charge is -2.09. The van der Waals surface area contributed by atoms with Gasteiger partial charge in [-0.25, -0.2) is 4.79 Å². The van der Waals surface area contributed by atoms with Gasteiger partial charge in [-0.2, -0.15) is 0 Å². The Morgan fingerprint density at radius 3 is 2.72 bits per heavy atom. The Morgan fingerprint density at radius 2 is 2.11 bits per heavy atom. The fourth-order valence-corrected chi connectivity index (χ4v) is 1.93. The number of fused-ring (bicyclic) bond motifs is 1. The summed E-state index contributed by atoms with van der Waals surface area (Å²) in [6.45, 7) is 1.84. The van der Waals surface area contributed by atoms with Crippen LogP contribution in [0.5, 0.6) is 5.75 Å². The van der Waals surface area contributed by atoms with Crippen molar-refractivity contribution >= 4 is 16.9 Å². The highest BCUT2D eigenvalue weighted by Gasteiger charge is 2.14. The Labute approximate surface area is 103 Å². The van der Waals surface area contributed by atoms with Crippen LogP contribution in [0.2, 0.25) is 0 Å². The first-order chi connectivity index (χ1) is 8.51. The monoisotopic (exact) mass is 248 g/mol. The highest BCUT2D eigenvalue weighted by molar-refractivity contribution is 5.90. The van der Waals surface area contributed by atoms with E-state index in [1.807, 2.05) is 6.92 Å². The van der Waals surface area contributed by atoms with Crippen molar-refractivity contribution < 1.29 is 19.1 Å². The summed E-state index contributed by atoms with van der Waals surface area (Å²) in [6, 6.07) is 4.65. The predicted octanol–water partition coefficient (Wildman–Crippen LogP) is 1.74. The van der Waals surface area contributed by atoms with Gasteiger partial charge in [-0.15, -0.1) is 0 Å². The van der Waals surface area contributed by atoms with Crippen molar-refractivity contribution in [3.05, 3.63) is 39.7 Å². The maximum absolute atomic E-state index is 11.4. The molecule has 0 radical (unpaired) electrons. The highest BCUT2D eigenvalue weighted by Crippen LogP contribution is 2.29. The van der Waals surface area contributed by atoms with Crippen LogP contribution in [0, 0.1) is 6.92 Å². The molecule has 5 nitrogen and oxygen atoms in total. The second kappa shape index (κ2) is 4.52. The maximum atomic E-state index is 11.4. The number of ether oxygens (including phenoxy) is 1. The first-order valence-electron chi connectivity index (χ1n) is 5.34. The number of aliphatic carboxylic acids is 1. The van der Waals surface area contributed by atoms with E-state index in [0.29, 0.717) is 22.3 Å². The van der Waals surface area contributed by atoms with E-state index < -0.39 is 11.6 Å². The van der Waals surface area contributed by atoms with Gasteiger partial charge in [-0.3, -0.25) is 4.79 Å². The van der Waals surface area contributed by atoms with Gasteiger partial charge < -0.3 is 14.3 Å². The van der Waals surface area contributed by atoms with Gasteiger partial charge in [0, 0.05) is 6.07 Å². The van der Waals surface area contributed by atoms with Crippen LogP contribution in [0.3, 0.4) is 0 Å². The lowest BCUT2D eigenvalue weighted by molar-refractivity contribution is -0.136. The number of methoxy groups -OCH3 is 1. The summed E-state index contributed by atoms with van der Waals surface area (Å²) in [4.78, 5) is 22.2. The number of hydrogen-bond donors (Lipinski definition) is 1. The number of benzene rings is 1. The molecule has 0 spiro atoms. The fourth-order valence-electron chi connectivity index (χ4n) is 1.93. The zero-order valence-electron chi connectivity index (χ0n) is 10.0. The molecule has 2 aromatic rings. The van der Waals surface area contributed by atoms with Gasteiger partial charge in [-0.05, 0) is 30.2 Å². The Bertz CT molecular complexity index is 669. The van der Waals surface area contributed by atoms with Gasteiger partial charge in [0.15, 0.2) is 0 Å². The Kier molecular flexibility index (Phi) is 3.06. The van der Waals surface area contributed by atoms with Gasteiger partial charge in [0.1, 0.15) is 11.3 Å². The number of hydrogen-bond acceptors (Lipinski definition) is 4. The van der Waals surface area contributed by atoms with Crippen molar-refractivity contribution in [2.45, 2.75) is 13.3 Å². The molecule has 5 heteroatoms. The Morgan fingerprint density at radius 1 is 1.39 bits per heavy atom. The third-order valence-electron chi connectivity index (χ3n) is 2.60. The molecule has 0 saturated heterocycles. The average molecular weight is 248 g/mol. The SMILES string of the molecule is COc1cc(C)cc2oc(=O)cc(CC(=O)O)c12. The molecule has 1 heterocycles. The largest absolute Gasteiger partial charge is 0.496 e. The van der Waals surface area contributed by atoms with Crippen LogP contribution in [0.1, 0.15) is 11.1 Å². The molecule has 2 rings (SSSR count). The van der Waals surface area contributed by atoms with Crippen LogP contribution in [-0.4, -0.2) is 18.2 Å². The summed E-state index contributed by atoms with van der Waals surface area (Å²) in [5, 5.41) is 9.39.